The monoisotopic (exact) mass is 468 g/mol. The summed E-state index contributed by atoms with van der Waals surface area (Å²) < 4.78 is 0. The van der Waals surface area contributed by atoms with E-state index in [9.17, 15) is 9.59 Å². The summed E-state index contributed by atoms with van der Waals surface area (Å²) >= 11 is 1.55. The largest absolute Gasteiger partial charge is 0.350 e. The second-order valence-corrected chi connectivity index (χ2v) is 9.31. The van der Waals surface area contributed by atoms with Gasteiger partial charge in [-0.3, -0.25) is 9.59 Å². The first kappa shape index (κ1) is 23.5. The Morgan fingerprint density at radius 1 is 0.824 bits per heavy atom. The molecule has 3 aromatic carbocycles. The molecule has 4 nitrogen and oxygen atoms in total. The van der Waals surface area contributed by atoms with E-state index in [1.807, 2.05) is 109 Å². The Bertz CT molecular complexity index is 1190. The van der Waals surface area contributed by atoms with Crippen LogP contribution in [0.25, 0.3) is 0 Å². The number of nitrogens with zero attached hydrogens (tertiary/aromatic N) is 1. The van der Waals surface area contributed by atoms with Crippen LogP contribution in [0.4, 0.5) is 0 Å². The number of carbonyl (C=O) groups is 2. The van der Waals surface area contributed by atoms with E-state index >= 15 is 0 Å². The normalized spacial score (nSPS) is 11.6. The molecule has 4 aromatic rings. The van der Waals surface area contributed by atoms with Crippen molar-refractivity contribution in [3.05, 3.63) is 130 Å². The van der Waals surface area contributed by atoms with Crippen molar-refractivity contribution in [1.82, 2.24) is 10.2 Å². The molecule has 0 spiro atoms. The topological polar surface area (TPSA) is 49.4 Å². The third-order valence-corrected chi connectivity index (χ3v) is 6.56. The summed E-state index contributed by atoms with van der Waals surface area (Å²) in [4.78, 5) is 30.0. The first-order valence-electron chi connectivity index (χ1n) is 11.3. The zero-order valence-electron chi connectivity index (χ0n) is 19.2. The van der Waals surface area contributed by atoms with Crippen LogP contribution in [0.2, 0.25) is 0 Å². The summed E-state index contributed by atoms with van der Waals surface area (Å²) in [5.74, 6) is -0.269. The van der Waals surface area contributed by atoms with Crippen molar-refractivity contribution in [3.63, 3.8) is 0 Å². The molecule has 4 rings (SSSR count). The number of thiophene rings is 1. The van der Waals surface area contributed by atoms with Crippen molar-refractivity contribution in [1.29, 1.82) is 0 Å². The first-order valence-corrected chi connectivity index (χ1v) is 12.2. The van der Waals surface area contributed by atoms with E-state index in [0.29, 0.717) is 13.1 Å². The SMILES string of the molecule is Cc1ccc(C(C(=O)NCc2ccccc2)N(Cc2ccccc2)C(=O)Cc2cccs2)cc1. The maximum absolute atomic E-state index is 13.6. The fourth-order valence-corrected chi connectivity index (χ4v) is 4.57. The van der Waals surface area contributed by atoms with Crippen LogP contribution < -0.4 is 5.32 Å². The molecule has 0 aliphatic heterocycles. The average molecular weight is 469 g/mol. The third-order valence-electron chi connectivity index (χ3n) is 5.68. The molecule has 34 heavy (non-hydrogen) atoms. The van der Waals surface area contributed by atoms with Crippen LogP contribution in [-0.2, 0) is 29.1 Å². The molecule has 0 bridgehead atoms. The van der Waals surface area contributed by atoms with Crippen LogP contribution in [0.3, 0.4) is 0 Å². The summed E-state index contributed by atoms with van der Waals surface area (Å²) in [5.41, 5.74) is 3.89. The minimum absolute atomic E-state index is 0.0771. The molecular formula is C29H28N2O2S. The number of aryl methyl sites for hydroxylation is 1. The molecule has 2 amide bonds. The van der Waals surface area contributed by atoms with Gasteiger partial charge >= 0.3 is 0 Å². The Kier molecular flexibility index (Phi) is 7.89. The highest BCUT2D eigenvalue weighted by atomic mass is 32.1. The number of hydrogen-bond donors (Lipinski definition) is 1. The lowest BCUT2D eigenvalue weighted by molar-refractivity contribution is -0.141. The molecule has 0 aliphatic rings. The Labute approximate surface area is 204 Å². The first-order chi connectivity index (χ1) is 16.6. The highest BCUT2D eigenvalue weighted by Gasteiger charge is 2.31. The number of nitrogens with one attached hydrogen (secondary N) is 1. The molecular weight excluding hydrogens is 440 g/mol. The quantitative estimate of drug-likeness (QED) is 0.343. The van der Waals surface area contributed by atoms with Gasteiger partial charge in [0.15, 0.2) is 0 Å². The van der Waals surface area contributed by atoms with Crippen molar-refractivity contribution in [3.8, 4) is 0 Å². The predicted octanol–water partition coefficient (Wildman–Crippen LogP) is 5.69. The fourth-order valence-electron chi connectivity index (χ4n) is 3.87. The van der Waals surface area contributed by atoms with Gasteiger partial charge in [0.05, 0.1) is 6.42 Å². The highest BCUT2D eigenvalue weighted by Crippen LogP contribution is 2.26. The molecule has 1 atom stereocenters. The molecule has 1 heterocycles. The van der Waals surface area contributed by atoms with Crippen molar-refractivity contribution in [2.75, 3.05) is 0 Å². The van der Waals surface area contributed by atoms with Gasteiger partial charge in [-0.05, 0) is 35.1 Å². The molecule has 1 aromatic heterocycles. The van der Waals surface area contributed by atoms with Gasteiger partial charge in [0, 0.05) is 18.0 Å². The maximum Gasteiger partial charge on any atom is 0.247 e. The van der Waals surface area contributed by atoms with E-state index in [2.05, 4.69) is 5.32 Å². The minimum Gasteiger partial charge on any atom is -0.350 e. The Morgan fingerprint density at radius 2 is 1.47 bits per heavy atom. The van der Waals surface area contributed by atoms with Gasteiger partial charge in [0.2, 0.25) is 11.8 Å². The van der Waals surface area contributed by atoms with E-state index in [4.69, 9.17) is 0 Å². The molecule has 0 fully saturated rings. The Hall–Kier alpha value is -3.70. The predicted molar refractivity (Wildman–Crippen MR) is 137 cm³/mol. The van der Waals surface area contributed by atoms with E-state index < -0.39 is 6.04 Å². The minimum atomic E-state index is -0.739. The second-order valence-electron chi connectivity index (χ2n) is 8.28. The molecule has 5 heteroatoms. The number of rotatable bonds is 9. The maximum atomic E-state index is 13.6. The lowest BCUT2D eigenvalue weighted by atomic mass is 10.0. The smallest absolute Gasteiger partial charge is 0.247 e. The number of amides is 2. The van der Waals surface area contributed by atoms with Crippen molar-refractivity contribution >= 4 is 23.2 Å². The van der Waals surface area contributed by atoms with Crippen molar-refractivity contribution in [2.45, 2.75) is 32.5 Å². The lowest BCUT2D eigenvalue weighted by Crippen LogP contribution is -2.43. The molecule has 0 radical (unpaired) electrons. The zero-order chi connectivity index (χ0) is 23.8. The van der Waals surface area contributed by atoms with Gasteiger partial charge in [-0.15, -0.1) is 11.3 Å². The van der Waals surface area contributed by atoms with Gasteiger partial charge < -0.3 is 10.2 Å². The molecule has 0 aliphatic carbocycles. The molecule has 1 N–H and O–H groups in total. The van der Waals surface area contributed by atoms with Crippen LogP contribution in [0.15, 0.2) is 102 Å². The van der Waals surface area contributed by atoms with Gasteiger partial charge in [-0.2, -0.15) is 0 Å². The number of carbonyl (C=O) groups excluding carboxylic acids is 2. The van der Waals surface area contributed by atoms with Gasteiger partial charge in [-0.1, -0.05) is 96.6 Å². The van der Waals surface area contributed by atoms with Crippen LogP contribution in [0.1, 0.15) is 33.2 Å². The van der Waals surface area contributed by atoms with Crippen LogP contribution >= 0.6 is 11.3 Å². The summed E-state index contributed by atoms with van der Waals surface area (Å²) in [6.07, 6.45) is 0.263. The van der Waals surface area contributed by atoms with E-state index in [1.165, 1.54) is 0 Å². The standard InChI is InChI=1S/C29H28N2O2S/c1-22-14-16-25(17-15-22)28(29(33)30-20-23-9-4-2-5-10-23)31(21-24-11-6-3-7-12-24)27(32)19-26-13-8-18-34-26/h2-18,28H,19-21H2,1H3,(H,30,33). The van der Waals surface area contributed by atoms with Crippen LogP contribution in [-0.4, -0.2) is 16.7 Å². The molecule has 1 unspecified atom stereocenters. The second kappa shape index (κ2) is 11.4. The van der Waals surface area contributed by atoms with Gasteiger partial charge in [0.1, 0.15) is 6.04 Å². The highest BCUT2D eigenvalue weighted by molar-refractivity contribution is 7.10. The lowest BCUT2D eigenvalue weighted by Gasteiger charge is -2.32. The van der Waals surface area contributed by atoms with E-state index in [0.717, 1.165) is 27.1 Å². The average Bonchev–Trinajstić information content (AvgIpc) is 3.38. The Morgan fingerprint density at radius 3 is 2.09 bits per heavy atom. The molecule has 0 saturated carbocycles. The van der Waals surface area contributed by atoms with Gasteiger partial charge in [0.25, 0.3) is 0 Å². The number of benzene rings is 3. The van der Waals surface area contributed by atoms with E-state index in [1.54, 1.807) is 16.2 Å². The zero-order valence-corrected chi connectivity index (χ0v) is 20.0. The summed E-state index contributed by atoms with van der Waals surface area (Å²) in [7, 11) is 0. The van der Waals surface area contributed by atoms with Crippen molar-refractivity contribution < 1.29 is 9.59 Å². The summed E-state index contributed by atoms with van der Waals surface area (Å²) in [6.45, 7) is 2.76. The molecule has 172 valence electrons. The number of hydrogen-bond acceptors (Lipinski definition) is 3. The van der Waals surface area contributed by atoms with Crippen LogP contribution in [0.5, 0.6) is 0 Å². The fraction of sp³-hybridized carbons (Fsp3) is 0.172. The van der Waals surface area contributed by atoms with Gasteiger partial charge in [-0.25, -0.2) is 0 Å². The van der Waals surface area contributed by atoms with Crippen molar-refractivity contribution in [2.24, 2.45) is 0 Å². The Balaban J connectivity index is 1.67. The third kappa shape index (κ3) is 6.21. The summed E-state index contributed by atoms with van der Waals surface area (Å²) in [6, 6.07) is 30.6. The van der Waals surface area contributed by atoms with Crippen LogP contribution in [0, 0.1) is 6.92 Å². The van der Waals surface area contributed by atoms with E-state index in [-0.39, 0.29) is 18.2 Å². The molecule has 0 saturated heterocycles. The summed E-state index contributed by atoms with van der Waals surface area (Å²) in [5, 5.41) is 5.03.